The quantitative estimate of drug-likeness (QED) is 0.110. The Labute approximate surface area is 270 Å². The van der Waals surface area contributed by atoms with Crippen molar-refractivity contribution in [1.82, 2.24) is 9.13 Å². The molecule has 6 aromatic carbocycles. The minimum Gasteiger partial charge on any atom is -0.336 e. The maximum Gasteiger partial charge on any atom is 0.0577 e. The third-order valence-corrected chi connectivity index (χ3v) is 10.1. The van der Waals surface area contributed by atoms with Gasteiger partial charge in [-0.1, -0.05) is 135 Å². The van der Waals surface area contributed by atoms with Gasteiger partial charge >= 0.3 is 0 Å². The van der Waals surface area contributed by atoms with E-state index in [0.29, 0.717) is 0 Å². The van der Waals surface area contributed by atoms with E-state index in [0.717, 1.165) is 19.5 Å². The molecular weight excluding hydrogens is 556 g/mol. The molecule has 0 radical (unpaired) electrons. The minimum absolute atomic E-state index is 0.237. The number of fused-ring (bicyclic) bond motifs is 10. The summed E-state index contributed by atoms with van der Waals surface area (Å²) < 4.78 is 4.96. The molecule has 226 valence electrons. The molecule has 46 heavy (non-hydrogen) atoms. The molecule has 0 aliphatic rings. The molecule has 0 N–H and O–H groups in total. The van der Waals surface area contributed by atoms with Crippen LogP contribution in [0.15, 0.2) is 135 Å². The predicted octanol–water partition coefficient (Wildman–Crippen LogP) is 12.3. The van der Waals surface area contributed by atoms with Gasteiger partial charge in [0, 0.05) is 62.4 Å². The zero-order valence-electron chi connectivity index (χ0n) is 26.7. The van der Waals surface area contributed by atoms with Crippen LogP contribution in [0.2, 0.25) is 0 Å². The number of hydrogen-bond acceptors (Lipinski definition) is 0. The molecule has 8 rings (SSSR count). The average molecular weight is 597 g/mol. The summed E-state index contributed by atoms with van der Waals surface area (Å²) in [5.41, 5.74) is 8.01. The molecule has 8 aromatic rings. The Kier molecular flexibility index (Phi) is 7.22. The van der Waals surface area contributed by atoms with Crippen molar-refractivity contribution >= 4 is 65.2 Å². The normalized spacial score (nSPS) is 12.0. The molecule has 0 atom stereocenters. The molecule has 0 saturated heterocycles. The number of rotatable bonds is 10. The molecule has 0 aliphatic heterocycles. The van der Waals surface area contributed by atoms with Crippen molar-refractivity contribution in [2.24, 2.45) is 0 Å². The number of unbranched alkanes of at least 4 members (excludes halogenated alkanes) is 2. The lowest BCUT2D eigenvalue weighted by Gasteiger charge is -2.24. The average Bonchev–Trinajstić information content (AvgIpc) is 3.59. The summed E-state index contributed by atoms with van der Waals surface area (Å²) in [7, 11) is 0. The van der Waals surface area contributed by atoms with Crippen LogP contribution < -0.4 is 0 Å². The highest BCUT2D eigenvalue weighted by Gasteiger charge is 2.24. The van der Waals surface area contributed by atoms with Crippen molar-refractivity contribution in [3.63, 3.8) is 0 Å². The van der Waals surface area contributed by atoms with E-state index in [2.05, 4.69) is 138 Å². The Bertz CT molecular complexity index is 2270. The van der Waals surface area contributed by atoms with Gasteiger partial charge in [-0.05, 0) is 40.5 Å². The van der Waals surface area contributed by atoms with Crippen molar-refractivity contribution < 1.29 is 0 Å². The van der Waals surface area contributed by atoms with Gasteiger partial charge in [-0.15, -0.1) is 13.2 Å². The Balaban J connectivity index is 1.50. The van der Waals surface area contributed by atoms with Gasteiger partial charge in [0.05, 0.1) is 11.0 Å². The van der Waals surface area contributed by atoms with E-state index in [1.807, 2.05) is 12.2 Å². The van der Waals surface area contributed by atoms with E-state index in [1.165, 1.54) is 95.5 Å². The fourth-order valence-electron chi connectivity index (χ4n) is 8.18. The maximum atomic E-state index is 4.16. The fraction of sp³-hybridized carbons (Fsp3) is 0.182. The number of nitrogens with zero attached hydrogens (tertiary/aromatic N) is 2. The molecule has 0 bridgehead atoms. The zero-order chi connectivity index (χ0) is 31.2. The van der Waals surface area contributed by atoms with Crippen LogP contribution in [0.25, 0.3) is 65.2 Å². The van der Waals surface area contributed by atoms with Gasteiger partial charge in [0.2, 0.25) is 0 Å². The Hall–Kier alpha value is -5.08. The Morgan fingerprint density at radius 3 is 1.52 bits per heavy atom. The highest BCUT2D eigenvalue weighted by molar-refractivity contribution is 6.20. The first-order valence-corrected chi connectivity index (χ1v) is 16.8. The SMILES string of the molecule is C=CCn1c2ccccc2c2ccc3cccc(C(CCCCC)c4cccc5ccc6c7ccccc7n(CC=C)c6c45)c3c21. The topological polar surface area (TPSA) is 9.86 Å². The van der Waals surface area contributed by atoms with Gasteiger partial charge in [0.15, 0.2) is 0 Å². The maximum absolute atomic E-state index is 4.16. The van der Waals surface area contributed by atoms with Gasteiger partial charge in [-0.2, -0.15) is 0 Å². The largest absolute Gasteiger partial charge is 0.336 e. The van der Waals surface area contributed by atoms with Crippen LogP contribution in [-0.2, 0) is 13.1 Å². The molecule has 0 amide bonds. The molecule has 0 unspecified atom stereocenters. The molecular formula is C44H40N2. The summed E-state index contributed by atoms with van der Waals surface area (Å²) in [6.07, 6.45) is 8.78. The Morgan fingerprint density at radius 1 is 0.543 bits per heavy atom. The summed E-state index contributed by atoms with van der Waals surface area (Å²) in [6.45, 7) is 12.2. The number of hydrogen-bond donors (Lipinski definition) is 0. The standard InChI is InChI=1S/C44H40N2/c1-4-7-8-17-32(35-20-13-15-30-24-26-37-33-18-9-11-22-39(33)45(28-5-2)43(37)41(30)35)36-21-14-16-31-25-27-38-34-19-10-12-23-40(34)46(29-6-3)44(38)42(31)36/h5-6,9-16,18-27,32H,2-4,7-8,17,28-29H2,1H3. The first kappa shape index (κ1) is 28.4. The molecule has 0 fully saturated rings. The first-order chi connectivity index (χ1) is 22.7. The van der Waals surface area contributed by atoms with Crippen molar-refractivity contribution in [2.45, 2.75) is 51.6 Å². The van der Waals surface area contributed by atoms with Gasteiger partial charge in [-0.25, -0.2) is 0 Å². The van der Waals surface area contributed by atoms with Crippen LogP contribution in [0.5, 0.6) is 0 Å². The summed E-state index contributed by atoms with van der Waals surface area (Å²) in [4.78, 5) is 0. The van der Waals surface area contributed by atoms with Crippen LogP contribution in [0.3, 0.4) is 0 Å². The lowest BCUT2D eigenvalue weighted by molar-refractivity contribution is 0.623. The predicted molar refractivity (Wildman–Crippen MR) is 200 cm³/mol. The molecule has 0 spiro atoms. The summed E-state index contributed by atoms with van der Waals surface area (Å²) >= 11 is 0. The van der Waals surface area contributed by atoms with Crippen LogP contribution in [0.1, 0.15) is 49.7 Å². The number of para-hydroxylation sites is 2. The second kappa shape index (κ2) is 11.7. The van der Waals surface area contributed by atoms with E-state index in [1.54, 1.807) is 0 Å². The molecule has 2 aromatic heterocycles. The lowest BCUT2D eigenvalue weighted by atomic mass is 9.81. The lowest BCUT2D eigenvalue weighted by Crippen LogP contribution is -2.06. The van der Waals surface area contributed by atoms with E-state index in [4.69, 9.17) is 0 Å². The van der Waals surface area contributed by atoms with Crippen molar-refractivity contribution in [2.75, 3.05) is 0 Å². The van der Waals surface area contributed by atoms with E-state index < -0.39 is 0 Å². The second-order valence-electron chi connectivity index (χ2n) is 12.7. The highest BCUT2D eigenvalue weighted by Crippen LogP contribution is 2.45. The number of allylic oxidation sites excluding steroid dienone is 2. The monoisotopic (exact) mass is 596 g/mol. The molecule has 0 saturated carbocycles. The van der Waals surface area contributed by atoms with Crippen molar-refractivity contribution in [3.05, 3.63) is 146 Å². The van der Waals surface area contributed by atoms with Gasteiger partial charge in [0.25, 0.3) is 0 Å². The third kappa shape index (κ3) is 4.31. The van der Waals surface area contributed by atoms with Crippen LogP contribution >= 0.6 is 0 Å². The minimum atomic E-state index is 0.237. The number of benzene rings is 6. The number of aromatic nitrogens is 2. The first-order valence-electron chi connectivity index (χ1n) is 16.8. The van der Waals surface area contributed by atoms with E-state index >= 15 is 0 Å². The fourth-order valence-corrected chi connectivity index (χ4v) is 8.18. The van der Waals surface area contributed by atoms with Gasteiger partial charge < -0.3 is 9.13 Å². The van der Waals surface area contributed by atoms with E-state index in [-0.39, 0.29) is 5.92 Å². The van der Waals surface area contributed by atoms with Gasteiger partial charge in [0.1, 0.15) is 0 Å². The van der Waals surface area contributed by atoms with Crippen molar-refractivity contribution in [1.29, 1.82) is 0 Å². The third-order valence-electron chi connectivity index (χ3n) is 10.1. The molecule has 2 heterocycles. The zero-order valence-corrected chi connectivity index (χ0v) is 26.7. The molecule has 2 nitrogen and oxygen atoms in total. The second-order valence-corrected chi connectivity index (χ2v) is 12.7. The van der Waals surface area contributed by atoms with E-state index in [9.17, 15) is 0 Å². The van der Waals surface area contributed by atoms with Crippen LogP contribution in [-0.4, -0.2) is 9.13 Å². The van der Waals surface area contributed by atoms with Gasteiger partial charge in [-0.3, -0.25) is 0 Å². The smallest absolute Gasteiger partial charge is 0.0577 e. The summed E-state index contributed by atoms with van der Waals surface area (Å²) in [6, 6.07) is 40.9. The summed E-state index contributed by atoms with van der Waals surface area (Å²) in [5.74, 6) is 0.237. The van der Waals surface area contributed by atoms with Crippen LogP contribution in [0.4, 0.5) is 0 Å². The van der Waals surface area contributed by atoms with Crippen LogP contribution in [0, 0.1) is 0 Å². The van der Waals surface area contributed by atoms with Crippen molar-refractivity contribution in [3.8, 4) is 0 Å². The molecule has 2 heteroatoms. The summed E-state index contributed by atoms with van der Waals surface area (Å²) in [5, 5.41) is 10.6. The highest BCUT2D eigenvalue weighted by atomic mass is 15.0. The Morgan fingerprint density at radius 2 is 1.04 bits per heavy atom. The molecule has 0 aliphatic carbocycles.